The van der Waals surface area contributed by atoms with Gasteiger partial charge in [-0.3, -0.25) is 4.79 Å². The van der Waals surface area contributed by atoms with Crippen LogP contribution in [0.15, 0.2) is 29.2 Å². The third-order valence-electron chi connectivity index (χ3n) is 1.73. The molecule has 1 rings (SSSR count). The number of amides is 1. The molecule has 0 unspecified atom stereocenters. The van der Waals surface area contributed by atoms with E-state index < -0.39 is 0 Å². The van der Waals surface area contributed by atoms with Gasteiger partial charge in [-0.15, -0.1) is 11.8 Å². The number of nitrogens with two attached hydrogens (primary N) is 1. The second kappa shape index (κ2) is 5.66. The van der Waals surface area contributed by atoms with E-state index in [1.165, 1.54) is 11.8 Å². The summed E-state index contributed by atoms with van der Waals surface area (Å²) in [6.45, 7) is 3.89. The molecule has 0 saturated heterocycles. The summed E-state index contributed by atoms with van der Waals surface area (Å²) in [5.74, 6) is 0.449. The Labute approximate surface area is 94.4 Å². The third kappa shape index (κ3) is 4.25. The van der Waals surface area contributed by atoms with Crippen molar-refractivity contribution in [1.29, 1.82) is 0 Å². The lowest BCUT2D eigenvalue weighted by atomic mass is 10.3. The number of hydrogen-bond donors (Lipinski definition) is 2. The van der Waals surface area contributed by atoms with Gasteiger partial charge in [0.05, 0.1) is 5.75 Å². The molecule has 0 aliphatic heterocycles. The molecule has 1 amide bonds. The lowest BCUT2D eigenvalue weighted by molar-refractivity contribution is -0.119. The Morgan fingerprint density at radius 2 is 2.13 bits per heavy atom. The van der Waals surface area contributed by atoms with Gasteiger partial charge in [-0.05, 0) is 26.0 Å². The minimum Gasteiger partial charge on any atom is -0.398 e. The molecule has 82 valence electrons. The normalized spacial score (nSPS) is 10.3. The van der Waals surface area contributed by atoms with Crippen LogP contribution in [-0.4, -0.2) is 17.7 Å². The van der Waals surface area contributed by atoms with Crippen LogP contribution in [0.4, 0.5) is 5.69 Å². The van der Waals surface area contributed by atoms with Crippen molar-refractivity contribution in [2.45, 2.75) is 24.8 Å². The molecular formula is C11H16N2OS. The Balaban J connectivity index is 2.44. The zero-order chi connectivity index (χ0) is 11.3. The fourth-order valence-electron chi connectivity index (χ4n) is 1.12. The molecule has 1 aromatic carbocycles. The van der Waals surface area contributed by atoms with E-state index in [2.05, 4.69) is 5.32 Å². The van der Waals surface area contributed by atoms with Crippen molar-refractivity contribution in [3.8, 4) is 0 Å². The standard InChI is InChI=1S/C11H16N2OS/c1-8(2)13-11(14)7-15-10-6-4-3-5-9(10)12/h3-6,8H,7,12H2,1-2H3,(H,13,14). The molecule has 0 radical (unpaired) electrons. The van der Waals surface area contributed by atoms with Crippen molar-refractivity contribution in [2.75, 3.05) is 11.5 Å². The number of nitrogen functional groups attached to an aromatic ring is 1. The predicted molar refractivity (Wildman–Crippen MR) is 64.9 cm³/mol. The first-order valence-corrected chi connectivity index (χ1v) is 5.85. The number of anilines is 1. The number of carbonyl (C=O) groups excluding carboxylic acids is 1. The molecule has 4 heteroatoms. The van der Waals surface area contributed by atoms with Crippen LogP contribution in [0.25, 0.3) is 0 Å². The molecule has 0 aliphatic rings. The first-order chi connectivity index (χ1) is 7.09. The fraction of sp³-hybridized carbons (Fsp3) is 0.364. The van der Waals surface area contributed by atoms with Crippen molar-refractivity contribution < 1.29 is 4.79 Å². The minimum absolute atomic E-state index is 0.0400. The summed E-state index contributed by atoms with van der Waals surface area (Å²) in [7, 11) is 0. The highest BCUT2D eigenvalue weighted by atomic mass is 32.2. The summed E-state index contributed by atoms with van der Waals surface area (Å²) in [5.41, 5.74) is 6.48. The monoisotopic (exact) mass is 224 g/mol. The largest absolute Gasteiger partial charge is 0.398 e. The van der Waals surface area contributed by atoms with E-state index >= 15 is 0 Å². The number of rotatable bonds is 4. The van der Waals surface area contributed by atoms with Crippen molar-refractivity contribution in [2.24, 2.45) is 0 Å². The lowest BCUT2D eigenvalue weighted by Crippen LogP contribution is -2.31. The van der Waals surface area contributed by atoms with E-state index in [1.54, 1.807) is 0 Å². The molecule has 0 heterocycles. The van der Waals surface area contributed by atoms with Gasteiger partial charge in [-0.1, -0.05) is 12.1 Å². The SMILES string of the molecule is CC(C)NC(=O)CSc1ccccc1N. The number of nitrogens with one attached hydrogen (secondary N) is 1. The first-order valence-electron chi connectivity index (χ1n) is 4.86. The molecule has 3 N–H and O–H groups in total. The van der Waals surface area contributed by atoms with Gasteiger partial charge in [0.2, 0.25) is 5.91 Å². The van der Waals surface area contributed by atoms with Crippen LogP contribution in [-0.2, 0) is 4.79 Å². The van der Waals surface area contributed by atoms with Gasteiger partial charge in [0.25, 0.3) is 0 Å². The maximum Gasteiger partial charge on any atom is 0.230 e. The molecule has 3 nitrogen and oxygen atoms in total. The Kier molecular flexibility index (Phi) is 4.49. The smallest absolute Gasteiger partial charge is 0.230 e. The maximum absolute atomic E-state index is 11.4. The Morgan fingerprint density at radius 1 is 1.47 bits per heavy atom. The second-order valence-electron chi connectivity index (χ2n) is 3.55. The van der Waals surface area contributed by atoms with Crippen LogP contribution in [0.3, 0.4) is 0 Å². The quantitative estimate of drug-likeness (QED) is 0.606. The molecule has 0 aromatic heterocycles. The molecular weight excluding hydrogens is 208 g/mol. The van der Waals surface area contributed by atoms with Crippen LogP contribution in [0, 0.1) is 0 Å². The number of thioether (sulfide) groups is 1. The van der Waals surface area contributed by atoms with Gasteiger partial charge < -0.3 is 11.1 Å². The molecule has 0 saturated carbocycles. The number of carbonyl (C=O) groups is 1. The molecule has 0 bridgehead atoms. The number of hydrogen-bond acceptors (Lipinski definition) is 3. The van der Waals surface area contributed by atoms with E-state index in [4.69, 9.17) is 5.73 Å². The molecule has 0 spiro atoms. The third-order valence-corrected chi connectivity index (χ3v) is 2.82. The average molecular weight is 224 g/mol. The van der Waals surface area contributed by atoms with Crippen LogP contribution in [0.5, 0.6) is 0 Å². The zero-order valence-corrected chi connectivity index (χ0v) is 9.80. The molecule has 0 atom stereocenters. The summed E-state index contributed by atoms with van der Waals surface area (Å²) in [4.78, 5) is 12.3. The number of para-hydroxylation sites is 1. The maximum atomic E-state index is 11.4. The summed E-state index contributed by atoms with van der Waals surface area (Å²) in [6, 6.07) is 7.74. The average Bonchev–Trinajstić information content (AvgIpc) is 2.15. The fourth-order valence-corrected chi connectivity index (χ4v) is 1.90. The van der Waals surface area contributed by atoms with Crippen molar-refractivity contribution in [1.82, 2.24) is 5.32 Å². The summed E-state index contributed by atoms with van der Waals surface area (Å²) >= 11 is 1.46. The second-order valence-corrected chi connectivity index (χ2v) is 4.57. The predicted octanol–water partition coefficient (Wildman–Crippen LogP) is 1.89. The Bertz CT molecular complexity index is 339. The van der Waals surface area contributed by atoms with Gasteiger partial charge in [0.1, 0.15) is 0 Å². The van der Waals surface area contributed by atoms with E-state index in [0.29, 0.717) is 5.75 Å². The molecule has 1 aromatic rings. The number of benzene rings is 1. The Hall–Kier alpha value is -1.16. The highest BCUT2D eigenvalue weighted by Crippen LogP contribution is 2.23. The van der Waals surface area contributed by atoms with Gasteiger partial charge >= 0.3 is 0 Å². The van der Waals surface area contributed by atoms with Crippen molar-refractivity contribution in [3.63, 3.8) is 0 Å². The van der Waals surface area contributed by atoms with Crippen LogP contribution >= 0.6 is 11.8 Å². The minimum atomic E-state index is 0.0400. The Morgan fingerprint density at radius 3 is 2.73 bits per heavy atom. The van der Waals surface area contributed by atoms with Gasteiger partial charge in [-0.25, -0.2) is 0 Å². The topological polar surface area (TPSA) is 55.1 Å². The van der Waals surface area contributed by atoms with Crippen LogP contribution in [0.2, 0.25) is 0 Å². The van der Waals surface area contributed by atoms with Crippen molar-refractivity contribution >= 4 is 23.4 Å². The van der Waals surface area contributed by atoms with E-state index in [0.717, 1.165) is 10.6 Å². The zero-order valence-electron chi connectivity index (χ0n) is 8.99. The van der Waals surface area contributed by atoms with Gasteiger partial charge in [0, 0.05) is 16.6 Å². The summed E-state index contributed by atoms with van der Waals surface area (Å²) < 4.78 is 0. The van der Waals surface area contributed by atoms with Crippen molar-refractivity contribution in [3.05, 3.63) is 24.3 Å². The highest BCUT2D eigenvalue weighted by Gasteiger charge is 2.05. The van der Waals surface area contributed by atoms with Gasteiger partial charge in [-0.2, -0.15) is 0 Å². The molecule has 0 aliphatic carbocycles. The first kappa shape index (κ1) is 11.9. The molecule has 15 heavy (non-hydrogen) atoms. The molecule has 0 fully saturated rings. The summed E-state index contributed by atoms with van der Waals surface area (Å²) in [6.07, 6.45) is 0. The highest BCUT2D eigenvalue weighted by molar-refractivity contribution is 8.00. The van der Waals surface area contributed by atoms with E-state index in [-0.39, 0.29) is 11.9 Å². The lowest BCUT2D eigenvalue weighted by Gasteiger charge is -2.08. The summed E-state index contributed by atoms with van der Waals surface area (Å²) in [5, 5.41) is 2.83. The van der Waals surface area contributed by atoms with Crippen LogP contribution in [0.1, 0.15) is 13.8 Å². The van der Waals surface area contributed by atoms with Crippen LogP contribution < -0.4 is 11.1 Å². The van der Waals surface area contributed by atoms with E-state index in [9.17, 15) is 4.79 Å². The van der Waals surface area contributed by atoms with Gasteiger partial charge in [0.15, 0.2) is 0 Å². The van der Waals surface area contributed by atoms with E-state index in [1.807, 2.05) is 38.1 Å².